The van der Waals surface area contributed by atoms with Crippen molar-refractivity contribution in [3.05, 3.63) is 44.3 Å². The van der Waals surface area contributed by atoms with Gasteiger partial charge in [0.1, 0.15) is 17.1 Å². The van der Waals surface area contributed by atoms with E-state index < -0.39 is 11.5 Å². The van der Waals surface area contributed by atoms with Crippen LogP contribution in [-0.4, -0.2) is 16.1 Å². The number of hydrogen-bond donors (Lipinski definition) is 2. The van der Waals surface area contributed by atoms with Crippen LogP contribution in [0.4, 0.5) is 17.1 Å². The van der Waals surface area contributed by atoms with Crippen molar-refractivity contribution in [2.24, 2.45) is 8.73 Å². The van der Waals surface area contributed by atoms with Gasteiger partial charge in [-0.2, -0.15) is 13.8 Å². The van der Waals surface area contributed by atoms with Crippen LogP contribution in [0.15, 0.2) is 31.7 Å². The lowest BCUT2D eigenvalue weighted by atomic mass is 10.2. The van der Waals surface area contributed by atoms with Crippen LogP contribution in [0.1, 0.15) is 10.5 Å². The Kier molecular flexibility index (Phi) is 3.58. The molecule has 0 atom stereocenters. The van der Waals surface area contributed by atoms with Crippen molar-refractivity contribution in [1.82, 2.24) is 10.2 Å². The Hall–Kier alpha value is -2.03. The van der Waals surface area contributed by atoms with E-state index in [1.165, 1.54) is 18.2 Å². The number of aromatic amines is 1. The number of rotatable bonds is 2. The second-order valence-electron chi connectivity index (χ2n) is 3.94. The van der Waals surface area contributed by atoms with E-state index in [0.29, 0.717) is 22.1 Å². The molecule has 1 aliphatic heterocycles. The van der Waals surface area contributed by atoms with E-state index in [4.69, 9.17) is 23.2 Å². The average molecular weight is 342 g/mol. The smallest absolute Gasteiger partial charge is 0.276 e. The molecule has 106 valence electrons. The summed E-state index contributed by atoms with van der Waals surface area (Å²) >= 11 is 13.0. The number of amides is 1. The fraction of sp³-hybridized carbons (Fsp3) is 0. The number of fused-ring (bicyclic) bond motifs is 1. The lowest BCUT2D eigenvalue weighted by molar-refractivity contribution is 0.102. The van der Waals surface area contributed by atoms with E-state index in [1.807, 2.05) is 0 Å². The first kappa shape index (κ1) is 13.9. The minimum absolute atomic E-state index is 0.0388. The number of benzene rings is 1. The Bertz CT molecular complexity index is 868. The number of halogens is 2. The van der Waals surface area contributed by atoms with Gasteiger partial charge in [0, 0.05) is 6.07 Å². The van der Waals surface area contributed by atoms with Gasteiger partial charge in [-0.1, -0.05) is 23.2 Å². The zero-order chi connectivity index (χ0) is 15.0. The Labute approximate surface area is 131 Å². The molecule has 0 spiro atoms. The summed E-state index contributed by atoms with van der Waals surface area (Å²) in [5.74, 6) is -0.537. The van der Waals surface area contributed by atoms with Crippen LogP contribution in [0.3, 0.4) is 0 Å². The lowest BCUT2D eigenvalue weighted by Gasteiger charge is -2.10. The van der Waals surface area contributed by atoms with Gasteiger partial charge in [0.05, 0.1) is 27.1 Å². The number of nitrogens with zero attached hydrogens (tertiary/aromatic N) is 3. The van der Waals surface area contributed by atoms with Crippen LogP contribution in [0.25, 0.3) is 0 Å². The normalized spacial score (nSPS) is 11.9. The van der Waals surface area contributed by atoms with Gasteiger partial charge in [0.15, 0.2) is 0 Å². The maximum atomic E-state index is 12.1. The summed E-state index contributed by atoms with van der Waals surface area (Å²) in [6.07, 6.45) is 0. The molecule has 1 amide bonds. The minimum atomic E-state index is -0.537. The summed E-state index contributed by atoms with van der Waals surface area (Å²) in [7, 11) is 0. The Morgan fingerprint density at radius 2 is 1.95 bits per heavy atom. The number of H-pyrrole nitrogens is 1. The van der Waals surface area contributed by atoms with Crippen molar-refractivity contribution in [3.8, 4) is 0 Å². The third kappa shape index (κ3) is 2.60. The van der Waals surface area contributed by atoms with Gasteiger partial charge in [-0.05, 0) is 12.1 Å². The van der Waals surface area contributed by atoms with Gasteiger partial charge in [0.2, 0.25) is 0 Å². The molecule has 7 nitrogen and oxygen atoms in total. The van der Waals surface area contributed by atoms with E-state index >= 15 is 0 Å². The van der Waals surface area contributed by atoms with Crippen LogP contribution in [0.5, 0.6) is 0 Å². The van der Waals surface area contributed by atoms with Crippen LogP contribution in [-0.2, 0) is 11.4 Å². The molecular weight excluding hydrogens is 337 g/mol. The highest BCUT2D eigenvalue weighted by Crippen LogP contribution is 2.47. The number of nitrogens with one attached hydrogen (secondary N) is 2. The van der Waals surface area contributed by atoms with E-state index in [-0.39, 0.29) is 10.7 Å². The third-order valence-corrected chi connectivity index (χ3v) is 3.71. The molecule has 0 bridgehead atoms. The van der Waals surface area contributed by atoms with Crippen molar-refractivity contribution in [3.63, 3.8) is 0 Å². The van der Waals surface area contributed by atoms with Crippen LogP contribution in [0.2, 0.25) is 10.0 Å². The van der Waals surface area contributed by atoms with E-state index in [0.717, 1.165) is 11.4 Å². The fourth-order valence-electron chi connectivity index (χ4n) is 1.64. The predicted octanol–water partition coefficient (Wildman–Crippen LogP) is 3.06. The van der Waals surface area contributed by atoms with Gasteiger partial charge in [0.25, 0.3) is 11.5 Å². The highest BCUT2D eigenvalue weighted by Gasteiger charge is 2.21. The lowest BCUT2D eigenvalue weighted by Crippen LogP contribution is -2.17. The molecule has 2 N–H and O–H groups in total. The molecule has 2 aromatic rings. The quantitative estimate of drug-likeness (QED) is 0.748. The maximum Gasteiger partial charge on any atom is 0.276 e. The number of aromatic nitrogens is 2. The molecule has 0 aliphatic carbocycles. The third-order valence-electron chi connectivity index (χ3n) is 2.59. The summed E-state index contributed by atoms with van der Waals surface area (Å²) in [4.78, 5) is 23.0. The predicted molar refractivity (Wildman–Crippen MR) is 80.8 cm³/mol. The summed E-state index contributed by atoms with van der Waals surface area (Å²) in [5, 5.41) is 8.99. The van der Waals surface area contributed by atoms with Crippen LogP contribution < -0.4 is 10.9 Å². The highest BCUT2D eigenvalue weighted by atomic mass is 35.5. The Morgan fingerprint density at radius 1 is 1.19 bits per heavy atom. The zero-order valence-corrected chi connectivity index (χ0v) is 12.4. The molecule has 21 heavy (non-hydrogen) atoms. The van der Waals surface area contributed by atoms with E-state index in [2.05, 4.69) is 24.2 Å². The summed E-state index contributed by atoms with van der Waals surface area (Å²) in [5.41, 5.74) is 0.785. The number of carbonyl (C=O) groups is 1. The molecule has 0 saturated carbocycles. The van der Waals surface area contributed by atoms with Gasteiger partial charge >= 0.3 is 0 Å². The maximum absolute atomic E-state index is 12.1. The summed E-state index contributed by atoms with van der Waals surface area (Å²) in [6.45, 7) is 0. The topological polar surface area (TPSA) is 99.6 Å². The molecule has 2 heterocycles. The molecule has 0 saturated heterocycles. The molecule has 0 fully saturated rings. The summed E-state index contributed by atoms with van der Waals surface area (Å²) < 4.78 is 8.11. The monoisotopic (exact) mass is 341 g/mol. The molecule has 1 aliphatic rings. The van der Waals surface area contributed by atoms with Crippen molar-refractivity contribution in [1.29, 1.82) is 0 Å². The molecule has 1 aromatic carbocycles. The Morgan fingerprint density at radius 3 is 2.67 bits per heavy atom. The number of carbonyl (C=O) groups excluding carboxylic acids is 1. The standard InChI is InChI=1S/C11H5Cl2N5O2S/c12-4-3-5(13)9-10(18-21-17-9)8(4)14-11(20)6-1-2-7(19)16-15-6/h1-3H,(H,14,20)(H,16,19). The minimum Gasteiger partial charge on any atom is -0.317 e. The van der Waals surface area contributed by atoms with Crippen molar-refractivity contribution in [2.75, 3.05) is 5.32 Å². The van der Waals surface area contributed by atoms with Crippen LogP contribution in [0, 0.1) is 0 Å². The second-order valence-corrected chi connectivity index (χ2v) is 5.28. The first-order valence-corrected chi connectivity index (χ1v) is 7.02. The van der Waals surface area contributed by atoms with E-state index in [9.17, 15) is 9.59 Å². The molecule has 10 heteroatoms. The molecule has 0 unspecified atom stereocenters. The zero-order valence-electron chi connectivity index (χ0n) is 10.1. The first-order chi connectivity index (χ1) is 10.1. The van der Waals surface area contributed by atoms with Crippen LogP contribution >= 0.6 is 23.2 Å². The average Bonchev–Trinajstić information content (AvgIpc) is 2.93. The number of hydrogen-bond acceptors (Lipinski definition) is 5. The molecule has 3 rings (SSSR count). The van der Waals surface area contributed by atoms with Gasteiger partial charge in [-0.25, -0.2) is 5.10 Å². The second kappa shape index (κ2) is 5.40. The van der Waals surface area contributed by atoms with Crippen molar-refractivity contribution < 1.29 is 4.79 Å². The van der Waals surface area contributed by atoms with Gasteiger partial charge in [-0.15, -0.1) is 0 Å². The van der Waals surface area contributed by atoms with Crippen molar-refractivity contribution >= 4 is 57.5 Å². The molecular formula is C11H5Cl2N5O2S. The fourth-order valence-corrected chi connectivity index (χ4v) is 2.80. The highest BCUT2D eigenvalue weighted by molar-refractivity contribution is 7.58. The van der Waals surface area contributed by atoms with Crippen molar-refractivity contribution in [2.45, 2.75) is 0 Å². The number of anilines is 1. The van der Waals surface area contributed by atoms with E-state index in [1.54, 1.807) is 0 Å². The summed E-state index contributed by atoms with van der Waals surface area (Å²) in [6, 6.07) is 3.97. The Balaban J connectivity index is 1.98. The largest absolute Gasteiger partial charge is 0.317 e. The molecule has 1 aromatic heterocycles. The van der Waals surface area contributed by atoms with Gasteiger partial charge in [-0.3, -0.25) is 9.59 Å². The molecule has 0 radical (unpaired) electrons. The first-order valence-electron chi connectivity index (χ1n) is 5.53. The van der Waals surface area contributed by atoms with Gasteiger partial charge < -0.3 is 5.32 Å². The SMILES string of the molecule is O=C(Nc1c(Cl)cc(Cl)c2c1N=S=N2)c1ccc(=O)[nH]n1.